The highest BCUT2D eigenvalue weighted by Gasteiger charge is 2.22. The third kappa shape index (κ3) is 3.17. The van der Waals surface area contributed by atoms with Crippen molar-refractivity contribution in [2.75, 3.05) is 0 Å². The number of rotatable bonds is 4. The van der Waals surface area contributed by atoms with Gasteiger partial charge in [-0.25, -0.2) is 4.98 Å². The first-order chi connectivity index (χ1) is 10.3. The van der Waals surface area contributed by atoms with Gasteiger partial charge in [0.15, 0.2) is 0 Å². The third-order valence-corrected chi connectivity index (χ3v) is 4.30. The van der Waals surface area contributed by atoms with Gasteiger partial charge in [0.2, 0.25) is 0 Å². The second kappa shape index (κ2) is 6.41. The zero-order valence-corrected chi connectivity index (χ0v) is 12.5. The number of benzene rings is 1. The minimum absolute atomic E-state index is 0.207. The summed E-state index contributed by atoms with van der Waals surface area (Å²) in [6.45, 7) is 2.75. The second-order valence-electron chi connectivity index (χ2n) is 5.81. The van der Waals surface area contributed by atoms with Gasteiger partial charge in [-0.2, -0.15) is 0 Å². The quantitative estimate of drug-likeness (QED) is 0.908. The van der Waals surface area contributed by atoms with Gasteiger partial charge in [-0.15, -0.1) is 0 Å². The molecule has 2 atom stereocenters. The van der Waals surface area contributed by atoms with Crippen LogP contribution in [0.15, 0.2) is 36.5 Å². The SMILES string of the molecule is Cc1ncc(CNC2CCCCC2O)n1-c1ccccc1. The molecule has 21 heavy (non-hydrogen) atoms. The number of aliphatic hydroxyl groups excluding tert-OH is 1. The van der Waals surface area contributed by atoms with E-state index < -0.39 is 0 Å². The maximum Gasteiger partial charge on any atom is 0.110 e. The average Bonchev–Trinajstić information content (AvgIpc) is 2.88. The Bertz CT molecular complexity index is 579. The van der Waals surface area contributed by atoms with Crippen molar-refractivity contribution in [3.05, 3.63) is 48.0 Å². The molecule has 2 aromatic rings. The lowest BCUT2D eigenvalue weighted by Crippen LogP contribution is -2.41. The molecule has 4 nitrogen and oxygen atoms in total. The van der Waals surface area contributed by atoms with Crippen molar-refractivity contribution < 1.29 is 5.11 Å². The van der Waals surface area contributed by atoms with E-state index in [4.69, 9.17) is 0 Å². The lowest BCUT2D eigenvalue weighted by Gasteiger charge is -2.28. The lowest BCUT2D eigenvalue weighted by molar-refractivity contribution is 0.0900. The van der Waals surface area contributed by atoms with Crippen molar-refractivity contribution in [2.24, 2.45) is 0 Å². The van der Waals surface area contributed by atoms with Crippen LogP contribution in [0.5, 0.6) is 0 Å². The summed E-state index contributed by atoms with van der Waals surface area (Å²) in [5.41, 5.74) is 2.27. The highest BCUT2D eigenvalue weighted by molar-refractivity contribution is 5.35. The fourth-order valence-corrected chi connectivity index (χ4v) is 3.13. The molecule has 0 amide bonds. The van der Waals surface area contributed by atoms with Crippen LogP contribution in [0.2, 0.25) is 0 Å². The van der Waals surface area contributed by atoms with Crippen LogP contribution in [-0.2, 0) is 6.54 Å². The summed E-state index contributed by atoms with van der Waals surface area (Å²) >= 11 is 0. The molecule has 1 aromatic heterocycles. The number of nitrogens with zero attached hydrogens (tertiary/aromatic N) is 2. The van der Waals surface area contributed by atoms with Crippen LogP contribution in [0, 0.1) is 6.92 Å². The van der Waals surface area contributed by atoms with Gasteiger partial charge in [-0.1, -0.05) is 31.0 Å². The first-order valence-electron chi connectivity index (χ1n) is 7.76. The molecule has 1 heterocycles. The summed E-state index contributed by atoms with van der Waals surface area (Å²) in [5.74, 6) is 0.988. The fourth-order valence-electron chi connectivity index (χ4n) is 3.13. The Balaban J connectivity index is 1.74. The van der Waals surface area contributed by atoms with Crippen LogP contribution in [0.25, 0.3) is 5.69 Å². The topological polar surface area (TPSA) is 50.1 Å². The summed E-state index contributed by atoms with van der Waals surface area (Å²) < 4.78 is 2.17. The van der Waals surface area contributed by atoms with E-state index >= 15 is 0 Å². The van der Waals surface area contributed by atoms with Gasteiger partial charge in [0.05, 0.1) is 18.0 Å². The predicted molar refractivity (Wildman–Crippen MR) is 83.4 cm³/mol. The van der Waals surface area contributed by atoms with Crippen LogP contribution < -0.4 is 5.32 Å². The number of aliphatic hydroxyl groups is 1. The molecule has 0 radical (unpaired) electrons. The van der Waals surface area contributed by atoms with E-state index in [1.165, 1.54) is 6.42 Å². The highest BCUT2D eigenvalue weighted by atomic mass is 16.3. The molecule has 2 unspecified atom stereocenters. The normalized spacial score (nSPS) is 22.4. The number of aryl methyl sites for hydroxylation is 1. The summed E-state index contributed by atoms with van der Waals surface area (Å²) in [7, 11) is 0. The Morgan fingerprint density at radius 2 is 2.00 bits per heavy atom. The van der Waals surface area contributed by atoms with Crippen molar-refractivity contribution in [3.8, 4) is 5.69 Å². The third-order valence-electron chi connectivity index (χ3n) is 4.30. The minimum Gasteiger partial charge on any atom is -0.392 e. The molecule has 1 saturated carbocycles. The Labute approximate surface area is 125 Å². The monoisotopic (exact) mass is 285 g/mol. The molecule has 4 heteroatoms. The van der Waals surface area contributed by atoms with Crippen LogP contribution in [-0.4, -0.2) is 26.8 Å². The zero-order valence-electron chi connectivity index (χ0n) is 12.5. The maximum absolute atomic E-state index is 10.1. The fraction of sp³-hybridized carbons (Fsp3) is 0.471. The van der Waals surface area contributed by atoms with Gasteiger partial charge in [0, 0.05) is 18.3 Å². The molecule has 2 N–H and O–H groups in total. The molecule has 0 spiro atoms. The predicted octanol–water partition coefficient (Wildman–Crippen LogP) is 2.57. The van der Waals surface area contributed by atoms with Gasteiger partial charge >= 0.3 is 0 Å². The van der Waals surface area contributed by atoms with Crippen molar-refractivity contribution in [3.63, 3.8) is 0 Å². The molecule has 112 valence electrons. The van der Waals surface area contributed by atoms with E-state index in [0.717, 1.165) is 43.0 Å². The summed E-state index contributed by atoms with van der Waals surface area (Å²) in [6, 6.07) is 10.5. The van der Waals surface area contributed by atoms with Gasteiger partial charge in [-0.3, -0.25) is 4.57 Å². The Morgan fingerprint density at radius 3 is 2.76 bits per heavy atom. The number of hydrogen-bond donors (Lipinski definition) is 2. The first-order valence-corrected chi connectivity index (χ1v) is 7.76. The van der Waals surface area contributed by atoms with E-state index in [9.17, 15) is 5.11 Å². The number of imidazole rings is 1. The number of hydrogen-bond acceptors (Lipinski definition) is 3. The maximum atomic E-state index is 10.1. The number of nitrogens with one attached hydrogen (secondary N) is 1. The van der Waals surface area contributed by atoms with Gasteiger partial charge < -0.3 is 10.4 Å². The molecule has 1 aromatic carbocycles. The standard InChI is InChI=1S/C17H23N3O/c1-13-18-11-15(20(13)14-7-3-2-4-8-14)12-19-16-9-5-6-10-17(16)21/h2-4,7-8,11,16-17,19,21H,5-6,9-10,12H2,1H3. The molecule has 1 fully saturated rings. The van der Waals surface area contributed by atoms with Crippen LogP contribution >= 0.6 is 0 Å². The van der Waals surface area contributed by atoms with Gasteiger partial charge in [0.1, 0.15) is 5.82 Å². The summed E-state index contributed by atoms with van der Waals surface area (Å²) in [5, 5.41) is 13.6. The van der Waals surface area contributed by atoms with Gasteiger partial charge in [-0.05, 0) is 31.9 Å². The molecule has 1 aliphatic rings. The van der Waals surface area contributed by atoms with Crippen LogP contribution in [0.1, 0.15) is 37.2 Å². The van der Waals surface area contributed by atoms with Gasteiger partial charge in [0.25, 0.3) is 0 Å². The van der Waals surface area contributed by atoms with Crippen molar-refractivity contribution in [2.45, 2.75) is 51.3 Å². The smallest absolute Gasteiger partial charge is 0.110 e. The van der Waals surface area contributed by atoms with Crippen LogP contribution in [0.3, 0.4) is 0 Å². The van der Waals surface area contributed by atoms with E-state index in [0.29, 0.717) is 0 Å². The average molecular weight is 285 g/mol. The molecular formula is C17H23N3O. The largest absolute Gasteiger partial charge is 0.392 e. The molecule has 0 bridgehead atoms. The van der Waals surface area contributed by atoms with Crippen molar-refractivity contribution in [1.82, 2.24) is 14.9 Å². The summed E-state index contributed by atoms with van der Waals surface area (Å²) in [6.07, 6.45) is 6.01. The summed E-state index contributed by atoms with van der Waals surface area (Å²) in [4.78, 5) is 4.44. The zero-order chi connectivity index (χ0) is 14.7. The first kappa shape index (κ1) is 14.3. The minimum atomic E-state index is -0.215. The van der Waals surface area contributed by atoms with E-state index in [1.54, 1.807) is 0 Å². The molecule has 1 aliphatic carbocycles. The highest BCUT2D eigenvalue weighted by Crippen LogP contribution is 2.20. The van der Waals surface area contributed by atoms with Crippen LogP contribution in [0.4, 0.5) is 0 Å². The molecule has 0 aliphatic heterocycles. The Hall–Kier alpha value is -1.65. The second-order valence-corrected chi connectivity index (χ2v) is 5.81. The van der Waals surface area contributed by atoms with E-state index in [2.05, 4.69) is 27.0 Å². The Kier molecular flexibility index (Phi) is 4.36. The van der Waals surface area contributed by atoms with E-state index in [1.807, 2.05) is 31.3 Å². The molecule has 0 saturated heterocycles. The number of para-hydroxylation sites is 1. The van der Waals surface area contributed by atoms with Crippen molar-refractivity contribution >= 4 is 0 Å². The molecular weight excluding hydrogens is 262 g/mol. The van der Waals surface area contributed by atoms with Crippen molar-refractivity contribution in [1.29, 1.82) is 0 Å². The lowest BCUT2D eigenvalue weighted by atomic mass is 9.92. The van der Waals surface area contributed by atoms with E-state index in [-0.39, 0.29) is 12.1 Å². The Morgan fingerprint density at radius 1 is 1.24 bits per heavy atom. The molecule has 3 rings (SSSR count). The number of aromatic nitrogens is 2.